The van der Waals surface area contributed by atoms with Gasteiger partial charge in [-0.2, -0.15) is 0 Å². The summed E-state index contributed by atoms with van der Waals surface area (Å²) in [5.41, 5.74) is -0.776. The van der Waals surface area contributed by atoms with Crippen LogP contribution in [0.3, 0.4) is 0 Å². The van der Waals surface area contributed by atoms with Crippen LogP contribution in [0, 0.1) is 0 Å². The van der Waals surface area contributed by atoms with Crippen molar-refractivity contribution in [3.05, 3.63) is 0 Å². The number of halogens is 1. The highest BCUT2D eigenvalue weighted by Crippen LogP contribution is 2.19. The van der Waals surface area contributed by atoms with E-state index in [9.17, 15) is 13.5 Å². The van der Waals surface area contributed by atoms with Gasteiger partial charge in [0.05, 0.1) is 17.9 Å². The van der Waals surface area contributed by atoms with Crippen LogP contribution in [0.15, 0.2) is 4.99 Å². The number of aliphatic hydroxyl groups is 1. The van der Waals surface area contributed by atoms with Crippen molar-refractivity contribution in [2.45, 2.75) is 59.0 Å². The van der Waals surface area contributed by atoms with Crippen LogP contribution in [0.1, 0.15) is 53.4 Å². The molecule has 0 atom stereocenters. The van der Waals surface area contributed by atoms with Crippen molar-refractivity contribution in [2.75, 3.05) is 31.1 Å². The fraction of sp³-hybridized carbons (Fsp3) is 0.933. The molecular weight excluding hydrogens is 429 g/mol. The van der Waals surface area contributed by atoms with Gasteiger partial charge in [0.2, 0.25) is 0 Å². The molecular formula is C15H34IN3O3S. The van der Waals surface area contributed by atoms with Crippen LogP contribution in [0.25, 0.3) is 0 Å². The van der Waals surface area contributed by atoms with Gasteiger partial charge in [-0.3, -0.25) is 4.99 Å². The van der Waals surface area contributed by atoms with Crippen molar-refractivity contribution in [3.8, 4) is 0 Å². The topological polar surface area (TPSA) is 90.8 Å². The second-order valence-electron chi connectivity index (χ2n) is 5.58. The van der Waals surface area contributed by atoms with Gasteiger partial charge >= 0.3 is 0 Å². The average molecular weight is 463 g/mol. The molecule has 3 N–H and O–H groups in total. The van der Waals surface area contributed by atoms with Crippen molar-refractivity contribution < 1.29 is 13.5 Å². The standard InChI is InChI=1S/C15H33N3O3S.HI/c1-5-9-15(19,10-6-2)13-18-14(16-7-3)17-11-12-22(20,21)8-4;/h19H,5-13H2,1-4H3,(H2,16,17,18);1H. The van der Waals surface area contributed by atoms with E-state index in [2.05, 4.69) is 15.6 Å². The zero-order valence-electron chi connectivity index (χ0n) is 14.9. The largest absolute Gasteiger partial charge is 0.388 e. The van der Waals surface area contributed by atoms with Gasteiger partial charge in [-0.25, -0.2) is 8.42 Å². The Labute approximate surface area is 158 Å². The molecule has 140 valence electrons. The van der Waals surface area contributed by atoms with Gasteiger partial charge in [0, 0.05) is 18.8 Å². The summed E-state index contributed by atoms with van der Waals surface area (Å²) in [6, 6.07) is 0. The molecule has 23 heavy (non-hydrogen) atoms. The lowest BCUT2D eigenvalue weighted by atomic mass is 9.93. The van der Waals surface area contributed by atoms with Gasteiger partial charge in [0.25, 0.3) is 0 Å². The monoisotopic (exact) mass is 463 g/mol. The van der Waals surface area contributed by atoms with Gasteiger partial charge in [0.15, 0.2) is 15.8 Å². The zero-order chi connectivity index (χ0) is 17.1. The third kappa shape index (κ3) is 12.0. The summed E-state index contributed by atoms with van der Waals surface area (Å²) in [5, 5.41) is 16.7. The lowest BCUT2D eigenvalue weighted by Gasteiger charge is -2.26. The molecule has 0 radical (unpaired) electrons. The molecule has 0 aromatic rings. The first kappa shape index (κ1) is 25.2. The molecule has 0 aliphatic rings. The number of guanidine groups is 1. The van der Waals surface area contributed by atoms with Gasteiger partial charge in [-0.05, 0) is 19.8 Å². The Morgan fingerprint density at radius 3 is 2.09 bits per heavy atom. The minimum absolute atomic E-state index is 0. The highest BCUT2D eigenvalue weighted by Gasteiger charge is 2.24. The van der Waals surface area contributed by atoms with Gasteiger partial charge in [-0.15, -0.1) is 24.0 Å². The van der Waals surface area contributed by atoms with Crippen LogP contribution in [-0.2, 0) is 9.84 Å². The summed E-state index contributed by atoms with van der Waals surface area (Å²) < 4.78 is 23.0. The molecule has 0 spiro atoms. The second kappa shape index (κ2) is 13.2. The zero-order valence-corrected chi connectivity index (χ0v) is 18.0. The molecule has 0 saturated carbocycles. The van der Waals surface area contributed by atoms with Crippen molar-refractivity contribution in [3.63, 3.8) is 0 Å². The first-order valence-electron chi connectivity index (χ1n) is 8.27. The van der Waals surface area contributed by atoms with Gasteiger partial charge in [0.1, 0.15) is 0 Å². The normalized spacial score (nSPS) is 12.7. The predicted molar refractivity (Wildman–Crippen MR) is 108 cm³/mol. The first-order valence-corrected chi connectivity index (χ1v) is 10.1. The molecule has 0 fully saturated rings. The summed E-state index contributed by atoms with van der Waals surface area (Å²) in [6.45, 7) is 9.01. The molecule has 8 heteroatoms. The molecule has 0 saturated heterocycles. The maximum atomic E-state index is 11.5. The van der Waals surface area contributed by atoms with E-state index < -0.39 is 15.4 Å². The van der Waals surface area contributed by atoms with Gasteiger partial charge in [-0.1, -0.05) is 33.6 Å². The number of rotatable bonds is 11. The number of nitrogens with one attached hydrogen (secondary N) is 2. The number of hydrogen-bond acceptors (Lipinski definition) is 4. The van der Waals surface area contributed by atoms with E-state index in [-0.39, 0.29) is 35.5 Å². The van der Waals surface area contributed by atoms with Crippen LogP contribution >= 0.6 is 24.0 Å². The molecule has 6 nitrogen and oxygen atoms in total. The third-order valence-electron chi connectivity index (χ3n) is 3.45. The molecule has 0 unspecified atom stereocenters. The molecule has 0 aliphatic heterocycles. The highest BCUT2D eigenvalue weighted by atomic mass is 127. The number of nitrogens with zero attached hydrogens (tertiary/aromatic N) is 1. The van der Waals surface area contributed by atoms with Crippen molar-refractivity contribution in [1.29, 1.82) is 0 Å². The molecule has 0 rings (SSSR count). The first-order chi connectivity index (χ1) is 10.3. The van der Waals surface area contributed by atoms with E-state index in [1.165, 1.54) is 0 Å². The summed E-state index contributed by atoms with van der Waals surface area (Å²) in [4.78, 5) is 4.42. The number of aliphatic imine (C=N–C) groups is 1. The second-order valence-corrected chi connectivity index (χ2v) is 8.06. The summed E-state index contributed by atoms with van der Waals surface area (Å²) >= 11 is 0. The van der Waals surface area contributed by atoms with Crippen LogP contribution in [0.2, 0.25) is 0 Å². The summed E-state index contributed by atoms with van der Waals surface area (Å²) in [6.07, 6.45) is 3.25. The fourth-order valence-electron chi connectivity index (χ4n) is 2.25. The van der Waals surface area contributed by atoms with E-state index in [1.807, 2.05) is 20.8 Å². The minimum Gasteiger partial charge on any atom is -0.388 e. The Bertz CT molecular complexity index is 422. The molecule has 0 aromatic carbocycles. The van der Waals surface area contributed by atoms with Crippen molar-refractivity contribution in [1.82, 2.24) is 10.6 Å². The summed E-state index contributed by atoms with van der Waals surface area (Å²) in [5.74, 6) is 0.788. The summed E-state index contributed by atoms with van der Waals surface area (Å²) in [7, 11) is -2.99. The predicted octanol–water partition coefficient (Wildman–Crippen LogP) is 1.93. The van der Waals surface area contributed by atoms with E-state index in [0.717, 1.165) is 12.8 Å². The Morgan fingerprint density at radius 1 is 1.09 bits per heavy atom. The van der Waals surface area contributed by atoms with E-state index in [0.29, 0.717) is 38.4 Å². The Morgan fingerprint density at radius 2 is 1.65 bits per heavy atom. The molecule has 0 aliphatic carbocycles. The molecule has 0 aromatic heterocycles. The van der Waals surface area contributed by atoms with Crippen LogP contribution in [0.4, 0.5) is 0 Å². The molecule has 0 amide bonds. The lowest BCUT2D eigenvalue weighted by molar-refractivity contribution is 0.0306. The van der Waals surface area contributed by atoms with Crippen LogP contribution in [0.5, 0.6) is 0 Å². The van der Waals surface area contributed by atoms with Crippen molar-refractivity contribution >= 4 is 39.8 Å². The third-order valence-corrected chi connectivity index (χ3v) is 5.16. The SMILES string of the molecule is CCCC(O)(CCC)CN=C(NCC)NCCS(=O)(=O)CC.I. The van der Waals surface area contributed by atoms with Crippen molar-refractivity contribution in [2.24, 2.45) is 4.99 Å². The maximum absolute atomic E-state index is 11.5. The van der Waals surface area contributed by atoms with Gasteiger partial charge < -0.3 is 15.7 Å². The van der Waals surface area contributed by atoms with E-state index in [4.69, 9.17) is 0 Å². The van der Waals surface area contributed by atoms with Crippen LogP contribution in [-0.4, -0.2) is 56.2 Å². The number of hydrogen-bond donors (Lipinski definition) is 3. The maximum Gasteiger partial charge on any atom is 0.191 e. The smallest absolute Gasteiger partial charge is 0.191 e. The van der Waals surface area contributed by atoms with E-state index >= 15 is 0 Å². The quantitative estimate of drug-likeness (QED) is 0.248. The highest BCUT2D eigenvalue weighted by molar-refractivity contribution is 14.0. The minimum atomic E-state index is -2.99. The average Bonchev–Trinajstić information content (AvgIpc) is 2.45. The Hall–Kier alpha value is -0.0900. The van der Waals surface area contributed by atoms with E-state index in [1.54, 1.807) is 6.92 Å². The Balaban J connectivity index is 0. The Kier molecular flexibility index (Phi) is 14.5. The number of sulfone groups is 1. The fourth-order valence-corrected chi connectivity index (χ4v) is 2.95. The lowest BCUT2D eigenvalue weighted by Crippen LogP contribution is -2.41. The molecule has 0 heterocycles. The van der Waals surface area contributed by atoms with Crippen LogP contribution < -0.4 is 10.6 Å². The molecule has 0 bridgehead atoms.